The van der Waals surface area contributed by atoms with E-state index < -0.39 is 0 Å². The van der Waals surface area contributed by atoms with Crippen LogP contribution in [0.15, 0.2) is 18.2 Å². The number of nitrogens with one attached hydrogen (secondary N) is 1. The fourth-order valence-corrected chi connectivity index (χ4v) is 1.41. The van der Waals surface area contributed by atoms with E-state index in [1.807, 2.05) is 27.7 Å². The zero-order chi connectivity index (χ0) is 12.6. The number of nitrogens with zero attached hydrogens (tertiary/aromatic N) is 1. The average Bonchev–Trinajstić information content (AvgIpc) is 2.75. The van der Waals surface area contributed by atoms with Gasteiger partial charge in [-0.15, -0.1) is 0 Å². The van der Waals surface area contributed by atoms with Crippen molar-refractivity contribution in [1.82, 2.24) is 10.2 Å². The molecule has 2 nitrogen and oxygen atoms in total. The smallest absolute Gasteiger partial charge is 0.0923 e. The van der Waals surface area contributed by atoms with Crippen molar-refractivity contribution in [1.29, 1.82) is 0 Å². The van der Waals surface area contributed by atoms with Crippen molar-refractivity contribution >= 4 is 10.9 Å². The lowest BCUT2D eigenvalue weighted by Gasteiger charge is -1.95. The van der Waals surface area contributed by atoms with Crippen LogP contribution in [0.3, 0.4) is 0 Å². The van der Waals surface area contributed by atoms with Crippen molar-refractivity contribution in [2.75, 3.05) is 0 Å². The van der Waals surface area contributed by atoms with Crippen molar-refractivity contribution in [3.63, 3.8) is 0 Å². The summed E-state index contributed by atoms with van der Waals surface area (Å²) < 4.78 is 0. The Labute approximate surface area is 99.1 Å². The summed E-state index contributed by atoms with van der Waals surface area (Å²) in [6.45, 7) is 12.2. The standard InChI is InChI=1S/C10H12N2.2C2H6/c1-3-8-4-5-10-9(6-8)7(2)11-12-10;2*1-2/h4-6H,3H2,1-2H3,(H,11,12);2*1-2H3. The van der Waals surface area contributed by atoms with Crippen LogP contribution in [0.5, 0.6) is 0 Å². The zero-order valence-corrected chi connectivity index (χ0v) is 11.4. The maximum Gasteiger partial charge on any atom is 0.0923 e. The Bertz CT molecular complexity index is 402. The van der Waals surface area contributed by atoms with Gasteiger partial charge in [-0.1, -0.05) is 40.7 Å². The molecule has 16 heavy (non-hydrogen) atoms. The van der Waals surface area contributed by atoms with Gasteiger partial charge in [-0.3, -0.25) is 5.10 Å². The molecule has 0 bridgehead atoms. The molecule has 0 aliphatic rings. The zero-order valence-electron chi connectivity index (χ0n) is 11.4. The molecular formula is C14H24N2. The minimum absolute atomic E-state index is 1.06. The normalized spacial score (nSPS) is 8.88. The molecule has 1 heterocycles. The minimum atomic E-state index is 1.06. The lowest BCUT2D eigenvalue weighted by Crippen LogP contribution is -1.78. The fraction of sp³-hybridized carbons (Fsp3) is 0.500. The second-order valence-corrected chi connectivity index (χ2v) is 3.05. The van der Waals surface area contributed by atoms with Gasteiger partial charge in [0.05, 0.1) is 5.52 Å². The van der Waals surface area contributed by atoms with Gasteiger partial charge in [0.2, 0.25) is 0 Å². The van der Waals surface area contributed by atoms with Crippen LogP contribution in [-0.2, 0) is 6.42 Å². The highest BCUT2D eigenvalue weighted by molar-refractivity contribution is 5.81. The van der Waals surface area contributed by atoms with Crippen LogP contribution in [0.25, 0.3) is 10.9 Å². The SMILES string of the molecule is CC.CC.CCc1ccc2n[nH]c(C)c2c1. The first-order valence-electron chi connectivity index (χ1n) is 6.25. The highest BCUT2D eigenvalue weighted by Crippen LogP contribution is 2.16. The van der Waals surface area contributed by atoms with Gasteiger partial charge in [0.15, 0.2) is 0 Å². The molecule has 0 aliphatic carbocycles. The summed E-state index contributed by atoms with van der Waals surface area (Å²) in [6.07, 6.45) is 1.08. The van der Waals surface area contributed by atoms with Crippen molar-refractivity contribution in [2.24, 2.45) is 0 Å². The van der Waals surface area contributed by atoms with Crippen molar-refractivity contribution < 1.29 is 0 Å². The Balaban J connectivity index is 0.000000509. The van der Waals surface area contributed by atoms with Crippen molar-refractivity contribution in [3.8, 4) is 0 Å². The number of hydrogen-bond acceptors (Lipinski definition) is 1. The van der Waals surface area contributed by atoms with Gasteiger partial charge in [0.1, 0.15) is 0 Å². The minimum Gasteiger partial charge on any atom is -0.282 e. The summed E-state index contributed by atoms with van der Waals surface area (Å²) >= 11 is 0. The Morgan fingerprint density at radius 1 is 1.12 bits per heavy atom. The Morgan fingerprint density at radius 3 is 2.31 bits per heavy atom. The molecule has 2 aromatic rings. The van der Waals surface area contributed by atoms with Crippen LogP contribution in [0.4, 0.5) is 0 Å². The molecule has 1 aromatic carbocycles. The molecule has 0 unspecified atom stereocenters. The molecule has 0 atom stereocenters. The van der Waals surface area contributed by atoms with Crippen LogP contribution in [-0.4, -0.2) is 10.2 Å². The predicted octanol–water partition coefficient (Wildman–Crippen LogP) is 4.49. The molecule has 2 heteroatoms. The van der Waals surface area contributed by atoms with E-state index in [-0.39, 0.29) is 0 Å². The molecule has 0 spiro atoms. The maximum atomic E-state index is 4.17. The summed E-state index contributed by atoms with van der Waals surface area (Å²) in [7, 11) is 0. The van der Waals surface area contributed by atoms with E-state index in [4.69, 9.17) is 0 Å². The second-order valence-electron chi connectivity index (χ2n) is 3.05. The van der Waals surface area contributed by atoms with E-state index in [1.54, 1.807) is 0 Å². The van der Waals surface area contributed by atoms with E-state index in [0.717, 1.165) is 17.6 Å². The van der Waals surface area contributed by atoms with E-state index in [2.05, 4.69) is 42.2 Å². The molecule has 90 valence electrons. The van der Waals surface area contributed by atoms with Crippen molar-refractivity contribution in [3.05, 3.63) is 29.5 Å². The number of benzene rings is 1. The lowest BCUT2D eigenvalue weighted by atomic mass is 10.1. The second kappa shape index (κ2) is 7.91. The highest BCUT2D eigenvalue weighted by atomic mass is 15.1. The third-order valence-corrected chi connectivity index (χ3v) is 2.22. The first-order chi connectivity index (χ1) is 7.81. The summed E-state index contributed by atoms with van der Waals surface area (Å²) in [6, 6.07) is 6.40. The molecule has 0 fully saturated rings. The first kappa shape index (κ1) is 14.7. The molecule has 0 aliphatic heterocycles. The van der Waals surface area contributed by atoms with Crippen LogP contribution in [0.2, 0.25) is 0 Å². The van der Waals surface area contributed by atoms with Crippen LogP contribution in [0, 0.1) is 6.92 Å². The maximum absolute atomic E-state index is 4.17. The number of aromatic amines is 1. The summed E-state index contributed by atoms with van der Waals surface area (Å²) in [5.41, 5.74) is 3.58. The Morgan fingerprint density at radius 2 is 1.75 bits per heavy atom. The predicted molar refractivity (Wildman–Crippen MR) is 72.9 cm³/mol. The Hall–Kier alpha value is -1.31. The average molecular weight is 220 g/mol. The summed E-state index contributed by atoms with van der Waals surface area (Å²) in [5, 5.41) is 8.39. The third-order valence-electron chi connectivity index (χ3n) is 2.22. The molecule has 2 rings (SSSR count). The monoisotopic (exact) mass is 220 g/mol. The fourth-order valence-electron chi connectivity index (χ4n) is 1.41. The quantitative estimate of drug-likeness (QED) is 0.754. The van der Waals surface area contributed by atoms with E-state index in [9.17, 15) is 0 Å². The third kappa shape index (κ3) is 3.37. The molecular weight excluding hydrogens is 196 g/mol. The molecule has 1 aromatic heterocycles. The number of rotatable bonds is 1. The summed E-state index contributed by atoms with van der Waals surface area (Å²) in [4.78, 5) is 0. The van der Waals surface area contributed by atoms with Gasteiger partial charge < -0.3 is 0 Å². The van der Waals surface area contributed by atoms with Gasteiger partial charge in [0, 0.05) is 11.1 Å². The van der Waals surface area contributed by atoms with Gasteiger partial charge >= 0.3 is 0 Å². The number of aryl methyl sites for hydroxylation is 2. The van der Waals surface area contributed by atoms with Crippen LogP contribution in [0.1, 0.15) is 45.9 Å². The first-order valence-corrected chi connectivity index (χ1v) is 6.25. The van der Waals surface area contributed by atoms with Gasteiger partial charge in [-0.05, 0) is 31.0 Å². The Kier molecular flexibility index (Phi) is 7.27. The summed E-state index contributed by atoms with van der Waals surface area (Å²) in [5.74, 6) is 0. The van der Waals surface area contributed by atoms with Gasteiger partial charge in [-0.25, -0.2) is 0 Å². The van der Waals surface area contributed by atoms with Gasteiger partial charge in [-0.2, -0.15) is 5.10 Å². The molecule has 1 N–H and O–H groups in total. The number of aromatic nitrogens is 2. The van der Waals surface area contributed by atoms with Crippen molar-refractivity contribution in [2.45, 2.75) is 48.0 Å². The van der Waals surface area contributed by atoms with Gasteiger partial charge in [0.25, 0.3) is 0 Å². The largest absolute Gasteiger partial charge is 0.282 e. The number of fused-ring (bicyclic) bond motifs is 1. The topological polar surface area (TPSA) is 28.7 Å². The molecule has 0 radical (unpaired) electrons. The lowest BCUT2D eigenvalue weighted by molar-refractivity contribution is 1.07. The van der Waals surface area contributed by atoms with E-state index >= 15 is 0 Å². The highest BCUT2D eigenvalue weighted by Gasteiger charge is 2.00. The number of H-pyrrole nitrogens is 1. The van der Waals surface area contributed by atoms with E-state index in [1.165, 1.54) is 10.9 Å². The van der Waals surface area contributed by atoms with Crippen LogP contribution < -0.4 is 0 Å². The van der Waals surface area contributed by atoms with Crippen LogP contribution >= 0.6 is 0 Å². The molecule has 0 saturated carbocycles. The molecule has 0 amide bonds. The van der Waals surface area contributed by atoms with E-state index in [0.29, 0.717) is 0 Å². The molecule has 0 saturated heterocycles. The number of hydrogen-bond donors (Lipinski definition) is 1.